The first-order chi connectivity index (χ1) is 9.84. The van der Waals surface area contributed by atoms with E-state index >= 15 is 0 Å². The average Bonchev–Trinajstić information content (AvgIpc) is 2.83. The van der Waals surface area contributed by atoms with Crippen LogP contribution in [0, 0.1) is 0 Å². The van der Waals surface area contributed by atoms with Gasteiger partial charge in [0, 0.05) is 12.8 Å². The van der Waals surface area contributed by atoms with E-state index in [0.717, 1.165) is 12.1 Å². The van der Waals surface area contributed by atoms with Crippen molar-refractivity contribution in [2.24, 2.45) is 0 Å². The van der Waals surface area contributed by atoms with Crippen molar-refractivity contribution in [3.63, 3.8) is 0 Å². The summed E-state index contributed by atoms with van der Waals surface area (Å²) in [5, 5.41) is 8.58. The summed E-state index contributed by atoms with van der Waals surface area (Å²) in [4.78, 5) is 10.5. The SMILES string of the molecule is O=C(O)CCC1COC(Cc2ccc(C(F)(F)F)cc2)O1. The molecule has 1 fully saturated rings. The zero-order chi connectivity index (χ0) is 15.5. The van der Waals surface area contributed by atoms with Crippen molar-refractivity contribution in [1.29, 1.82) is 0 Å². The van der Waals surface area contributed by atoms with Gasteiger partial charge in [0.2, 0.25) is 0 Å². The molecular formula is C14H15F3O4. The molecule has 1 aliphatic heterocycles. The molecule has 7 heteroatoms. The van der Waals surface area contributed by atoms with E-state index in [1.165, 1.54) is 12.1 Å². The number of hydrogen-bond acceptors (Lipinski definition) is 3. The number of carboxylic acids is 1. The number of halogens is 3. The van der Waals surface area contributed by atoms with Crippen molar-refractivity contribution in [2.45, 2.75) is 37.8 Å². The highest BCUT2D eigenvalue weighted by Crippen LogP contribution is 2.29. The van der Waals surface area contributed by atoms with Gasteiger partial charge in [0.1, 0.15) is 0 Å². The lowest BCUT2D eigenvalue weighted by Crippen LogP contribution is -2.16. The summed E-state index contributed by atoms with van der Waals surface area (Å²) in [6.45, 7) is 0.304. The second-order valence-electron chi connectivity index (χ2n) is 4.85. The normalized spacial score (nSPS) is 22.4. The number of rotatable bonds is 5. The van der Waals surface area contributed by atoms with Gasteiger partial charge in [-0.05, 0) is 24.1 Å². The van der Waals surface area contributed by atoms with Gasteiger partial charge in [-0.2, -0.15) is 13.2 Å². The van der Waals surface area contributed by atoms with Crippen molar-refractivity contribution in [3.8, 4) is 0 Å². The van der Waals surface area contributed by atoms with Gasteiger partial charge in [-0.15, -0.1) is 0 Å². The van der Waals surface area contributed by atoms with E-state index in [4.69, 9.17) is 14.6 Å². The van der Waals surface area contributed by atoms with Crippen LogP contribution in [0.1, 0.15) is 24.0 Å². The van der Waals surface area contributed by atoms with E-state index in [0.29, 0.717) is 25.0 Å². The van der Waals surface area contributed by atoms with Crippen LogP contribution >= 0.6 is 0 Å². The molecule has 1 aliphatic rings. The largest absolute Gasteiger partial charge is 0.481 e. The maximum atomic E-state index is 12.4. The number of carbonyl (C=O) groups is 1. The Kier molecular flexibility index (Phi) is 4.84. The highest BCUT2D eigenvalue weighted by atomic mass is 19.4. The molecule has 1 aromatic rings. The van der Waals surface area contributed by atoms with Gasteiger partial charge in [-0.1, -0.05) is 12.1 Å². The van der Waals surface area contributed by atoms with E-state index < -0.39 is 24.0 Å². The van der Waals surface area contributed by atoms with Crippen LogP contribution in [0.5, 0.6) is 0 Å². The molecule has 1 saturated heterocycles. The Balaban J connectivity index is 1.84. The van der Waals surface area contributed by atoms with E-state index in [2.05, 4.69) is 0 Å². The Morgan fingerprint density at radius 2 is 1.95 bits per heavy atom. The topological polar surface area (TPSA) is 55.8 Å². The molecule has 1 N–H and O–H groups in total. The minimum absolute atomic E-state index is 0.00102. The Labute approximate surface area is 119 Å². The minimum Gasteiger partial charge on any atom is -0.481 e. The summed E-state index contributed by atoms with van der Waals surface area (Å²) < 4.78 is 48.2. The summed E-state index contributed by atoms with van der Waals surface area (Å²) in [5.74, 6) is -0.898. The molecule has 116 valence electrons. The highest BCUT2D eigenvalue weighted by Gasteiger charge is 2.30. The van der Waals surface area contributed by atoms with Crippen LogP contribution < -0.4 is 0 Å². The quantitative estimate of drug-likeness (QED) is 0.909. The highest BCUT2D eigenvalue weighted by molar-refractivity contribution is 5.66. The summed E-state index contributed by atoms with van der Waals surface area (Å²) in [6.07, 6.45) is -4.47. The summed E-state index contributed by atoms with van der Waals surface area (Å²) in [5.41, 5.74) is -0.0225. The number of aliphatic carboxylic acids is 1. The summed E-state index contributed by atoms with van der Waals surface area (Å²) in [6, 6.07) is 4.82. The Morgan fingerprint density at radius 3 is 2.52 bits per heavy atom. The predicted octanol–water partition coefficient (Wildman–Crippen LogP) is 2.85. The molecule has 0 aliphatic carbocycles. The predicted molar refractivity (Wildman–Crippen MR) is 66.6 cm³/mol. The van der Waals surface area contributed by atoms with Crippen LogP contribution in [0.4, 0.5) is 13.2 Å². The molecule has 0 amide bonds. The fraction of sp³-hybridized carbons (Fsp3) is 0.500. The molecule has 0 bridgehead atoms. The molecule has 1 heterocycles. The Hall–Kier alpha value is -1.60. The molecular weight excluding hydrogens is 289 g/mol. The number of alkyl halides is 3. The third-order valence-corrected chi connectivity index (χ3v) is 3.18. The van der Waals surface area contributed by atoms with E-state index in [1.807, 2.05) is 0 Å². The molecule has 2 unspecified atom stereocenters. The molecule has 0 spiro atoms. The van der Waals surface area contributed by atoms with Crippen molar-refractivity contribution in [3.05, 3.63) is 35.4 Å². The lowest BCUT2D eigenvalue weighted by atomic mass is 10.1. The number of carboxylic acid groups (broad SMARTS) is 1. The van der Waals surface area contributed by atoms with E-state index in [1.54, 1.807) is 0 Å². The molecule has 2 rings (SSSR count). The fourth-order valence-corrected chi connectivity index (χ4v) is 2.07. The van der Waals surface area contributed by atoms with Gasteiger partial charge >= 0.3 is 12.1 Å². The molecule has 2 atom stereocenters. The smallest absolute Gasteiger partial charge is 0.416 e. The Morgan fingerprint density at radius 1 is 1.29 bits per heavy atom. The second kappa shape index (κ2) is 6.44. The molecule has 0 aromatic heterocycles. The number of benzene rings is 1. The zero-order valence-electron chi connectivity index (χ0n) is 11.1. The Bertz CT molecular complexity index is 484. The lowest BCUT2D eigenvalue weighted by molar-refractivity contribution is -0.138. The molecule has 0 saturated carbocycles. The van der Waals surface area contributed by atoms with E-state index in [9.17, 15) is 18.0 Å². The summed E-state index contributed by atoms with van der Waals surface area (Å²) in [7, 11) is 0. The zero-order valence-corrected chi connectivity index (χ0v) is 11.1. The minimum atomic E-state index is -4.35. The second-order valence-corrected chi connectivity index (χ2v) is 4.85. The third-order valence-electron chi connectivity index (χ3n) is 3.18. The maximum absolute atomic E-state index is 12.4. The fourth-order valence-electron chi connectivity index (χ4n) is 2.07. The molecule has 0 radical (unpaired) electrons. The van der Waals surface area contributed by atoms with Crippen LogP contribution in [0.2, 0.25) is 0 Å². The van der Waals surface area contributed by atoms with Crippen LogP contribution in [0.15, 0.2) is 24.3 Å². The van der Waals surface area contributed by atoms with Crippen LogP contribution in [0.25, 0.3) is 0 Å². The first-order valence-corrected chi connectivity index (χ1v) is 6.49. The van der Waals surface area contributed by atoms with E-state index in [-0.39, 0.29) is 12.5 Å². The van der Waals surface area contributed by atoms with Crippen molar-refractivity contribution in [2.75, 3.05) is 6.61 Å². The van der Waals surface area contributed by atoms with Crippen LogP contribution in [-0.2, 0) is 26.9 Å². The molecule has 21 heavy (non-hydrogen) atoms. The van der Waals surface area contributed by atoms with Gasteiger partial charge in [-0.3, -0.25) is 4.79 Å². The first-order valence-electron chi connectivity index (χ1n) is 6.49. The van der Waals surface area contributed by atoms with Gasteiger partial charge < -0.3 is 14.6 Å². The van der Waals surface area contributed by atoms with Crippen molar-refractivity contribution < 1.29 is 32.5 Å². The number of ether oxygens (including phenoxy) is 2. The van der Waals surface area contributed by atoms with Gasteiger partial charge in [0.15, 0.2) is 6.29 Å². The van der Waals surface area contributed by atoms with Crippen molar-refractivity contribution >= 4 is 5.97 Å². The first kappa shape index (κ1) is 15.8. The molecule has 4 nitrogen and oxygen atoms in total. The van der Waals surface area contributed by atoms with Gasteiger partial charge in [-0.25, -0.2) is 0 Å². The standard InChI is InChI=1S/C14H15F3O4/c15-14(16,17)10-3-1-9(2-4-10)7-13-20-8-11(21-13)5-6-12(18)19/h1-4,11,13H,5-8H2,(H,18,19). The van der Waals surface area contributed by atoms with Crippen molar-refractivity contribution in [1.82, 2.24) is 0 Å². The van der Waals surface area contributed by atoms with Gasteiger partial charge in [0.25, 0.3) is 0 Å². The molecule has 1 aromatic carbocycles. The average molecular weight is 304 g/mol. The third kappa shape index (κ3) is 4.71. The van der Waals surface area contributed by atoms with Crippen LogP contribution in [0.3, 0.4) is 0 Å². The van der Waals surface area contributed by atoms with Gasteiger partial charge in [0.05, 0.1) is 18.3 Å². The maximum Gasteiger partial charge on any atom is 0.416 e. The lowest BCUT2D eigenvalue weighted by Gasteiger charge is -2.12. The van der Waals surface area contributed by atoms with Crippen LogP contribution in [-0.4, -0.2) is 30.1 Å². The summed E-state index contributed by atoms with van der Waals surface area (Å²) >= 11 is 0. The number of hydrogen-bond donors (Lipinski definition) is 1. The monoisotopic (exact) mass is 304 g/mol.